The zero-order valence-electron chi connectivity index (χ0n) is 7.77. The van der Waals surface area contributed by atoms with Crippen LogP contribution in [0.15, 0.2) is 6.07 Å². The summed E-state index contributed by atoms with van der Waals surface area (Å²) >= 11 is 12.8. The molecule has 0 atom stereocenters. The Morgan fingerprint density at radius 2 is 2.29 bits per heavy atom. The van der Waals surface area contributed by atoms with Gasteiger partial charge in [0.25, 0.3) is 5.91 Å². The molecule has 0 aliphatic rings. The van der Waals surface area contributed by atoms with Gasteiger partial charge in [0.15, 0.2) is 0 Å². The summed E-state index contributed by atoms with van der Waals surface area (Å²) in [5, 5.41) is 2.78. The maximum absolute atomic E-state index is 11.5. The van der Waals surface area contributed by atoms with Crippen LogP contribution in [0, 0.1) is 0 Å². The molecule has 1 amide bonds. The smallest absolute Gasteiger partial charge is 0.253 e. The first-order valence-electron chi connectivity index (χ1n) is 4.38. The van der Waals surface area contributed by atoms with E-state index in [2.05, 4.69) is 12.2 Å². The Kier molecular flexibility index (Phi) is 4.72. The van der Waals surface area contributed by atoms with Gasteiger partial charge >= 0.3 is 0 Å². The molecule has 1 aromatic heterocycles. The highest BCUT2D eigenvalue weighted by atomic mass is 35.5. The number of thiophene rings is 1. The quantitative estimate of drug-likeness (QED) is 0.815. The van der Waals surface area contributed by atoms with Crippen LogP contribution in [-0.2, 0) is 0 Å². The molecule has 0 aliphatic carbocycles. The van der Waals surface area contributed by atoms with Crippen molar-refractivity contribution in [2.45, 2.75) is 19.8 Å². The summed E-state index contributed by atoms with van der Waals surface area (Å²) in [6, 6.07) is 1.59. The summed E-state index contributed by atoms with van der Waals surface area (Å²) in [6.45, 7) is 2.75. The Morgan fingerprint density at radius 1 is 1.57 bits per heavy atom. The van der Waals surface area contributed by atoms with E-state index in [0.29, 0.717) is 20.8 Å². The Balaban J connectivity index is 2.56. The van der Waals surface area contributed by atoms with Gasteiger partial charge in [0.1, 0.15) is 4.34 Å². The lowest BCUT2D eigenvalue weighted by Crippen LogP contribution is -2.23. The molecule has 0 bridgehead atoms. The molecule has 0 saturated carbocycles. The summed E-state index contributed by atoms with van der Waals surface area (Å²) in [5.41, 5.74) is 0.470. The third-order valence-corrected chi connectivity index (χ3v) is 3.20. The molecular formula is C9H11Cl2NOS. The third kappa shape index (κ3) is 3.15. The SMILES string of the molecule is CCCCNC(=O)c1cc(Cl)sc1Cl. The van der Waals surface area contributed by atoms with Gasteiger partial charge in [-0.05, 0) is 12.5 Å². The molecule has 0 radical (unpaired) electrons. The van der Waals surface area contributed by atoms with Crippen LogP contribution in [-0.4, -0.2) is 12.5 Å². The van der Waals surface area contributed by atoms with E-state index in [9.17, 15) is 4.79 Å². The Hall–Kier alpha value is -0.250. The van der Waals surface area contributed by atoms with Gasteiger partial charge in [0.05, 0.1) is 9.90 Å². The van der Waals surface area contributed by atoms with Gasteiger partial charge in [-0.25, -0.2) is 0 Å². The lowest BCUT2D eigenvalue weighted by molar-refractivity contribution is 0.0954. The van der Waals surface area contributed by atoms with Gasteiger partial charge in [-0.3, -0.25) is 4.79 Å². The lowest BCUT2D eigenvalue weighted by Gasteiger charge is -2.01. The number of hydrogen-bond acceptors (Lipinski definition) is 2. The van der Waals surface area contributed by atoms with Crippen LogP contribution < -0.4 is 5.32 Å². The normalized spacial score (nSPS) is 10.2. The fourth-order valence-electron chi connectivity index (χ4n) is 0.969. The van der Waals surface area contributed by atoms with E-state index in [1.165, 1.54) is 11.3 Å². The predicted molar refractivity (Wildman–Crippen MR) is 61.6 cm³/mol. The molecule has 5 heteroatoms. The van der Waals surface area contributed by atoms with Gasteiger partial charge in [0.2, 0.25) is 0 Å². The molecule has 2 nitrogen and oxygen atoms in total. The molecule has 1 heterocycles. The second-order valence-electron chi connectivity index (χ2n) is 2.85. The number of unbranched alkanes of at least 4 members (excludes halogenated alkanes) is 1. The van der Waals surface area contributed by atoms with Gasteiger partial charge in [0, 0.05) is 6.54 Å². The van der Waals surface area contributed by atoms with Crippen LogP contribution in [0.3, 0.4) is 0 Å². The van der Waals surface area contributed by atoms with Gasteiger partial charge < -0.3 is 5.32 Å². The molecule has 0 fully saturated rings. The molecule has 14 heavy (non-hydrogen) atoms. The number of hydrogen-bond donors (Lipinski definition) is 1. The number of halogens is 2. The van der Waals surface area contributed by atoms with E-state index >= 15 is 0 Å². The first-order chi connectivity index (χ1) is 6.65. The lowest BCUT2D eigenvalue weighted by atomic mass is 10.3. The number of nitrogens with one attached hydrogen (secondary N) is 1. The number of amides is 1. The van der Waals surface area contributed by atoms with E-state index < -0.39 is 0 Å². The summed E-state index contributed by atoms with van der Waals surface area (Å²) < 4.78 is 0.986. The first-order valence-corrected chi connectivity index (χ1v) is 5.95. The standard InChI is InChI=1S/C9H11Cl2NOS/c1-2-3-4-12-9(13)6-5-7(10)14-8(6)11/h5H,2-4H2,1H3,(H,12,13). The maximum Gasteiger partial charge on any atom is 0.253 e. The van der Waals surface area contributed by atoms with E-state index in [4.69, 9.17) is 23.2 Å². The van der Waals surface area contributed by atoms with Crippen LogP contribution in [0.1, 0.15) is 30.1 Å². The van der Waals surface area contributed by atoms with Crippen molar-refractivity contribution >= 4 is 40.4 Å². The van der Waals surface area contributed by atoms with Crippen molar-refractivity contribution in [1.82, 2.24) is 5.32 Å². The van der Waals surface area contributed by atoms with E-state index in [1.807, 2.05) is 0 Å². The highest BCUT2D eigenvalue weighted by Gasteiger charge is 2.12. The molecule has 1 aromatic rings. The number of rotatable bonds is 4. The minimum atomic E-state index is -0.147. The summed E-state index contributed by atoms with van der Waals surface area (Å²) in [6.07, 6.45) is 2.03. The third-order valence-electron chi connectivity index (χ3n) is 1.72. The van der Waals surface area contributed by atoms with Crippen molar-refractivity contribution in [3.63, 3.8) is 0 Å². The average molecular weight is 252 g/mol. The Labute approximate surface area is 97.2 Å². The average Bonchev–Trinajstić information content (AvgIpc) is 2.45. The number of carbonyl (C=O) groups is 1. The summed E-state index contributed by atoms with van der Waals surface area (Å²) in [7, 11) is 0. The van der Waals surface area contributed by atoms with Crippen LogP contribution in [0.2, 0.25) is 8.67 Å². The molecule has 0 aliphatic heterocycles. The van der Waals surface area contributed by atoms with E-state index in [0.717, 1.165) is 12.8 Å². The maximum atomic E-state index is 11.5. The largest absolute Gasteiger partial charge is 0.352 e. The highest BCUT2D eigenvalue weighted by molar-refractivity contribution is 7.20. The zero-order valence-corrected chi connectivity index (χ0v) is 10.1. The summed E-state index contributed by atoms with van der Waals surface area (Å²) in [5.74, 6) is -0.147. The van der Waals surface area contributed by atoms with Crippen LogP contribution in [0.5, 0.6) is 0 Å². The van der Waals surface area contributed by atoms with Crippen LogP contribution in [0.4, 0.5) is 0 Å². The molecule has 0 aromatic carbocycles. The molecule has 0 unspecified atom stereocenters. The first kappa shape index (κ1) is 11.8. The fraction of sp³-hybridized carbons (Fsp3) is 0.444. The van der Waals surface area contributed by atoms with E-state index in [1.54, 1.807) is 6.07 Å². The zero-order chi connectivity index (χ0) is 10.6. The fourth-order valence-corrected chi connectivity index (χ4v) is 2.43. The monoisotopic (exact) mass is 251 g/mol. The van der Waals surface area contributed by atoms with Gasteiger partial charge in [-0.1, -0.05) is 36.5 Å². The van der Waals surface area contributed by atoms with Crippen molar-refractivity contribution in [2.24, 2.45) is 0 Å². The molecule has 1 N–H and O–H groups in total. The molecule has 1 rings (SSSR count). The Morgan fingerprint density at radius 3 is 2.79 bits per heavy atom. The molecular weight excluding hydrogens is 241 g/mol. The van der Waals surface area contributed by atoms with Crippen molar-refractivity contribution in [3.05, 3.63) is 20.3 Å². The molecule has 0 spiro atoms. The van der Waals surface area contributed by atoms with Crippen molar-refractivity contribution in [3.8, 4) is 0 Å². The minimum Gasteiger partial charge on any atom is -0.352 e. The molecule has 0 saturated heterocycles. The highest BCUT2D eigenvalue weighted by Crippen LogP contribution is 2.30. The topological polar surface area (TPSA) is 29.1 Å². The van der Waals surface area contributed by atoms with E-state index in [-0.39, 0.29) is 5.91 Å². The van der Waals surface area contributed by atoms with Crippen LogP contribution >= 0.6 is 34.5 Å². The van der Waals surface area contributed by atoms with Crippen LogP contribution in [0.25, 0.3) is 0 Å². The van der Waals surface area contributed by atoms with Crippen molar-refractivity contribution < 1.29 is 4.79 Å². The predicted octanol–water partition coefficient (Wildman–Crippen LogP) is 3.58. The minimum absolute atomic E-state index is 0.147. The van der Waals surface area contributed by atoms with Gasteiger partial charge in [-0.15, -0.1) is 11.3 Å². The van der Waals surface area contributed by atoms with Gasteiger partial charge in [-0.2, -0.15) is 0 Å². The van der Waals surface area contributed by atoms with Crippen molar-refractivity contribution in [2.75, 3.05) is 6.54 Å². The second kappa shape index (κ2) is 5.59. The summed E-state index contributed by atoms with van der Waals surface area (Å²) in [4.78, 5) is 11.5. The second-order valence-corrected chi connectivity index (χ2v) is 5.13. The van der Waals surface area contributed by atoms with Crippen molar-refractivity contribution in [1.29, 1.82) is 0 Å². The number of carbonyl (C=O) groups excluding carboxylic acids is 1. The molecule has 78 valence electrons. The Bertz CT molecular complexity index is 325.